The van der Waals surface area contributed by atoms with Gasteiger partial charge in [0.15, 0.2) is 9.84 Å². The van der Waals surface area contributed by atoms with Gasteiger partial charge in [-0.15, -0.1) is 0 Å². The zero-order valence-corrected chi connectivity index (χ0v) is 10.6. The van der Waals surface area contributed by atoms with Gasteiger partial charge in [-0.25, -0.2) is 14.3 Å². The summed E-state index contributed by atoms with van der Waals surface area (Å²) in [7, 11) is -3.20. The lowest BCUT2D eigenvalue weighted by atomic mass is 10.0. The minimum absolute atomic E-state index is 0.311. The first-order valence-corrected chi connectivity index (χ1v) is 6.87. The van der Waals surface area contributed by atoms with Crippen molar-refractivity contribution >= 4 is 9.84 Å². The number of aryl methyl sites for hydroxylation is 2. The Hall–Kier alpha value is -0.910. The first-order chi connectivity index (χ1) is 7.36. The van der Waals surface area contributed by atoms with Gasteiger partial charge < -0.3 is 4.84 Å². The van der Waals surface area contributed by atoms with Crippen molar-refractivity contribution in [2.75, 3.05) is 12.9 Å². The van der Waals surface area contributed by atoms with Crippen LogP contribution in [-0.4, -0.2) is 21.3 Å². The molecule has 2 N–H and O–H groups in total. The van der Waals surface area contributed by atoms with Gasteiger partial charge in [0.2, 0.25) is 0 Å². The molecule has 0 spiro atoms. The lowest BCUT2D eigenvalue weighted by Crippen LogP contribution is -2.09. The van der Waals surface area contributed by atoms with E-state index in [9.17, 15) is 8.42 Å². The van der Waals surface area contributed by atoms with Gasteiger partial charge in [-0.05, 0) is 43.0 Å². The fourth-order valence-electron chi connectivity index (χ4n) is 1.56. The molecule has 0 aliphatic carbocycles. The third kappa shape index (κ3) is 3.04. The molecule has 0 amide bonds. The van der Waals surface area contributed by atoms with E-state index in [1.54, 1.807) is 6.07 Å². The SMILES string of the molecule is Cc1cc(CCON)c(S(C)(=O)=O)cc1C. The number of rotatable bonds is 4. The van der Waals surface area contributed by atoms with Crippen molar-refractivity contribution in [2.45, 2.75) is 25.2 Å². The Morgan fingerprint density at radius 1 is 1.25 bits per heavy atom. The maximum atomic E-state index is 11.6. The van der Waals surface area contributed by atoms with Gasteiger partial charge in [-0.2, -0.15) is 0 Å². The third-order valence-corrected chi connectivity index (χ3v) is 3.74. The van der Waals surface area contributed by atoms with E-state index in [0.29, 0.717) is 17.9 Å². The molecule has 0 aliphatic heterocycles. The number of nitrogens with two attached hydrogens (primary N) is 1. The molecule has 1 aromatic carbocycles. The van der Waals surface area contributed by atoms with Gasteiger partial charge in [0, 0.05) is 6.26 Å². The summed E-state index contributed by atoms with van der Waals surface area (Å²) >= 11 is 0. The number of sulfone groups is 1. The van der Waals surface area contributed by atoms with Gasteiger partial charge in [0.05, 0.1) is 11.5 Å². The summed E-state index contributed by atoms with van der Waals surface area (Å²) < 4.78 is 23.2. The molecule has 0 radical (unpaired) electrons. The summed E-state index contributed by atoms with van der Waals surface area (Å²) in [5.74, 6) is 4.95. The van der Waals surface area contributed by atoms with Crippen LogP contribution in [0.4, 0.5) is 0 Å². The van der Waals surface area contributed by atoms with Crippen molar-refractivity contribution in [1.29, 1.82) is 0 Å². The van der Waals surface area contributed by atoms with E-state index in [0.717, 1.165) is 16.7 Å². The van der Waals surface area contributed by atoms with E-state index in [1.807, 2.05) is 19.9 Å². The molecule has 90 valence electrons. The lowest BCUT2D eigenvalue weighted by Gasteiger charge is -2.11. The first kappa shape index (κ1) is 13.2. The fourth-order valence-corrected chi connectivity index (χ4v) is 2.59. The summed E-state index contributed by atoms with van der Waals surface area (Å²) in [4.78, 5) is 4.86. The van der Waals surface area contributed by atoms with Crippen LogP contribution in [0.3, 0.4) is 0 Å². The van der Waals surface area contributed by atoms with E-state index in [4.69, 9.17) is 5.90 Å². The zero-order chi connectivity index (χ0) is 12.3. The highest BCUT2D eigenvalue weighted by molar-refractivity contribution is 7.90. The van der Waals surface area contributed by atoms with Crippen LogP contribution < -0.4 is 5.90 Å². The van der Waals surface area contributed by atoms with E-state index in [-0.39, 0.29) is 0 Å². The predicted octanol–water partition coefficient (Wildman–Crippen LogP) is 1.14. The van der Waals surface area contributed by atoms with Crippen molar-refractivity contribution in [3.05, 3.63) is 28.8 Å². The molecule has 0 fully saturated rings. The summed E-state index contributed by atoms with van der Waals surface area (Å²) in [5.41, 5.74) is 2.80. The standard InChI is InChI=1S/C11H17NO3S/c1-8-6-10(4-5-15-12)11(7-9(8)2)16(3,13)14/h6-7H,4-5,12H2,1-3H3. The monoisotopic (exact) mass is 243 g/mol. The Kier molecular flexibility index (Phi) is 4.07. The molecule has 0 aromatic heterocycles. The van der Waals surface area contributed by atoms with Gasteiger partial charge >= 0.3 is 0 Å². The Morgan fingerprint density at radius 2 is 1.81 bits per heavy atom. The van der Waals surface area contributed by atoms with Crippen LogP contribution in [0, 0.1) is 13.8 Å². The number of hydrogen-bond donors (Lipinski definition) is 1. The van der Waals surface area contributed by atoms with Crippen molar-refractivity contribution in [3.63, 3.8) is 0 Å². The van der Waals surface area contributed by atoms with Crippen molar-refractivity contribution in [3.8, 4) is 0 Å². The van der Waals surface area contributed by atoms with Crippen LogP contribution in [0.2, 0.25) is 0 Å². The van der Waals surface area contributed by atoms with Crippen LogP contribution in [0.1, 0.15) is 16.7 Å². The second kappa shape index (κ2) is 4.95. The Labute approximate surface area is 96.3 Å². The van der Waals surface area contributed by atoms with Crippen LogP contribution in [0.25, 0.3) is 0 Å². The molecular formula is C11H17NO3S. The van der Waals surface area contributed by atoms with Crippen molar-refractivity contribution in [1.82, 2.24) is 0 Å². The van der Waals surface area contributed by atoms with Gasteiger partial charge in [-0.3, -0.25) is 0 Å². The van der Waals surface area contributed by atoms with Gasteiger partial charge in [0.1, 0.15) is 0 Å². The molecule has 16 heavy (non-hydrogen) atoms. The van der Waals surface area contributed by atoms with E-state index >= 15 is 0 Å². The van der Waals surface area contributed by atoms with Crippen molar-refractivity contribution in [2.24, 2.45) is 5.90 Å². The molecule has 0 saturated heterocycles. The quantitative estimate of drug-likeness (QED) is 0.805. The molecule has 0 aliphatic rings. The summed E-state index contributed by atoms with van der Waals surface area (Å²) in [6.45, 7) is 4.16. The molecular weight excluding hydrogens is 226 g/mol. The molecule has 0 atom stereocenters. The zero-order valence-electron chi connectivity index (χ0n) is 9.78. The van der Waals surface area contributed by atoms with Gasteiger partial charge in [-0.1, -0.05) is 6.07 Å². The first-order valence-electron chi connectivity index (χ1n) is 4.98. The Bertz CT molecular complexity index is 480. The number of hydrogen-bond acceptors (Lipinski definition) is 4. The molecule has 4 nitrogen and oxygen atoms in total. The maximum Gasteiger partial charge on any atom is 0.175 e. The second-order valence-electron chi connectivity index (χ2n) is 3.94. The Balaban J connectivity index is 3.28. The van der Waals surface area contributed by atoms with E-state index < -0.39 is 9.84 Å². The topological polar surface area (TPSA) is 69.4 Å². The smallest absolute Gasteiger partial charge is 0.175 e. The minimum Gasteiger partial charge on any atom is -0.304 e. The second-order valence-corrected chi connectivity index (χ2v) is 5.92. The van der Waals surface area contributed by atoms with Gasteiger partial charge in [0.25, 0.3) is 0 Å². The number of benzene rings is 1. The highest BCUT2D eigenvalue weighted by Gasteiger charge is 2.14. The fraction of sp³-hybridized carbons (Fsp3) is 0.455. The largest absolute Gasteiger partial charge is 0.304 e. The predicted molar refractivity (Wildman–Crippen MR) is 62.9 cm³/mol. The summed E-state index contributed by atoms with van der Waals surface area (Å²) in [5, 5.41) is 0. The molecule has 0 bridgehead atoms. The van der Waals surface area contributed by atoms with E-state index in [2.05, 4.69) is 4.84 Å². The van der Waals surface area contributed by atoms with Crippen LogP contribution in [0.15, 0.2) is 17.0 Å². The molecule has 0 saturated carbocycles. The third-order valence-electron chi connectivity index (χ3n) is 2.57. The average molecular weight is 243 g/mol. The Morgan fingerprint density at radius 3 is 2.31 bits per heavy atom. The lowest BCUT2D eigenvalue weighted by molar-refractivity contribution is 0.141. The molecule has 5 heteroatoms. The minimum atomic E-state index is -3.20. The molecule has 0 heterocycles. The molecule has 1 rings (SSSR count). The summed E-state index contributed by atoms with van der Waals surface area (Å²) in [6.07, 6.45) is 1.71. The van der Waals surface area contributed by atoms with E-state index in [1.165, 1.54) is 6.26 Å². The van der Waals surface area contributed by atoms with Crippen LogP contribution in [-0.2, 0) is 21.1 Å². The molecule has 0 unspecified atom stereocenters. The average Bonchev–Trinajstić information content (AvgIpc) is 2.17. The van der Waals surface area contributed by atoms with Crippen LogP contribution >= 0.6 is 0 Å². The maximum absolute atomic E-state index is 11.6. The van der Waals surface area contributed by atoms with Crippen LogP contribution in [0.5, 0.6) is 0 Å². The highest BCUT2D eigenvalue weighted by Crippen LogP contribution is 2.21. The highest BCUT2D eigenvalue weighted by atomic mass is 32.2. The van der Waals surface area contributed by atoms with Crippen molar-refractivity contribution < 1.29 is 13.3 Å². The summed E-state index contributed by atoms with van der Waals surface area (Å²) in [6, 6.07) is 3.58. The molecule has 1 aromatic rings. The normalized spacial score (nSPS) is 11.8.